The average molecular weight is 273 g/mol. The normalized spacial score (nSPS) is 18.9. The van der Waals surface area contributed by atoms with Gasteiger partial charge in [0.2, 0.25) is 10.0 Å². The van der Waals surface area contributed by atoms with Gasteiger partial charge in [-0.1, -0.05) is 12.1 Å². The van der Waals surface area contributed by atoms with Crippen LogP contribution in [0.15, 0.2) is 18.2 Å². The van der Waals surface area contributed by atoms with Gasteiger partial charge in [0.25, 0.3) is 0 Å². The van der Waals surface area contributed by atoms with E-state index >= 15 is 0 Å². The number of aromatic carboxylic acids is 1. The zero-order valence-electron chi connectivity index (χ0n) is 9.47. The number of hydrogen-bond acceptors (Lipinski definition) is 3. The van der Waals surface area contributed by atoms with E-state index in [1.54, 1.807) is 0 Å². The van der Waals surface area contributed by atoms with Crippen LogP contribution in [0.2, 0.25) is 0 Å². The van der Waals surface area contributed by atoms with Gasteiger partial charge >= 0.3 is 5.97 Å². The highest BCUT2D eigenvalue weighted by atomic mass is 32.2. The molecule has 1 N–H and O–H groups in total. The van der Waals surface area contributed by atoms with Crippen molar-refractivity contribution < 1.29 is 22.7 Å². The van der Waals surface area contributed by atoms with Crippen molar-refractivity contribution in [2.75, 3.05) is 12.3 Å². The Labute approximate surface area is 104 Å². The highest BCUT2D eigenvalue weighted by Crippen LogP contribution is 2.20. The van der Waals surface area contributed by atoms with Gasteiger partial charge in [0.05, 0.1) is 11.3 Å². The smallest absolute Gasteiger partial charge is 0.338 e. The summed E-state index contributed by atoms with van der Waals surface area (Å²) in [6.45, 7) is 0.231. The number of benzene rings is 1. The molecule has 2 rings (SSSR count). The van der Waals surface area contributed by atoms with Gasteiger partial charge in [-0.25, -0.2) is 17.6 Å². The standard InChI is InChI=1S/C11H12FNO4S/c12-10-8(3-1-4-9(10)11(14)15)7-13-5-2-6-18(13,16)17/h1,3-4H,2,5-7H2,(H,14,15). The molecule has 1 fully saturated rings. The lowest BCUT2D eigenvalue weighted by atomic mass is 10.1. The number of nitrogens with zero attached hydrogens (tertiary/aromatic N) is 1. The van der Waals surface area contributed by atoms with Crippen LogP contribution < -0.4 is 0 Å². The largest absolute Gasteiger partial charge is 0.478 e. The molecule has 0 radical (unpaired) electrons. The minimum atomic E-state index is -3.32. The number of halogens is 1. The second kappa shape index (κ2) is 4.66. The Kier molecular flexibility index (Phi) is 3.36. The first-order valence-corrected chi connectivity index (χ1v) is 7.01. The first-order valence-electron chi connectivity index (χ1n) is 5.40. The molecule has 98 valence electrons. The van der Waals surface area contributed by atoms with Crippen LogP contribution in [0.25, 0.3) is 0 Å². The second-order valence-electron chi connectivity index (χ2n) is 4.09. The maximum atomic E-state index is 13.8. The highest BCUT2D eigenvalue weighted by Gasteiger charge is 2.29. The Balaban J connectivity index is 2.30. The fourth-order valence-corrected chi connectivity index (χ4v) is 3.42. The second-order valence-corrected chi connectivity index (χ2v) is 6.18. The first-order chi connectivity index (χ1) is 8.42. The van der Waals surface area contributed by atoms with Crippen molar-refractivity contribution in [2.45, 2.75) is 13.0 Å². The lowest BCUT2D eigenvalue weighted by Gasteiger charge is -2.15. The summed E-state index contributed by atoms with van der Waals surface area (Å²) in [6.07, 6.45) is 0.516. The van der Waals surface area contributed by atoms with Crippen molar-refractivity contribution in [3.63, 3.8) is 0 Å². The van der Waals surface area contributed by atoms with Crippen LogP contribution in [0.3, 0.4) is 0 Å². The fourth-order valence-electron chi connectivity index (χ4n) is 1.93. The van der Waals surface area contributed by atoms with E-state index < -0.39 is 27.4 Å². The summed E-state index contributed by atoms with van der Waals surface area (Å²) in [5.41, 5.74) is -0.357. The third-order valence-electron chi connectivity index (χ3n) is 2.86. The molecule has 1 saturated heterocycles. The van der Waals surface area contributed by atoms with E-state index in [2.05, 4.69) is 0 Å². The third kappa shape index (κ3) is 2.37. The molecule has 1 aromatic rings. The van der Waals surface area contributed by atoms with E-state index in [0.29, 0.717) is 13.0 Å². The van der Waals surface area contributed by atoms with Gasteiger partial charge in [0.1, 0.15) is 5.82 Å². The fraction of sp³-hybridized carbons (Fsp3) is 0.364. The van der Waals surface area contributed by atoms with Crippen LogP contribution in [-0.4, -0.2) is 36.1 Å². The lowest BCUT2D eigenvalue weighted by molar-refractivity contribution is 0.0691. The van der Waals surface area contributed by atoms with Gasteiger partial charge in [-0.15, -0.1) is 0 Å². The van der Waals surface area contributed by atoms with Gasteiger partial charge in [0, 0.05) is 18.7 Å². The van der Waals surface area contributed by atoms with Crippen LogP contribution in [0.1, 0.15) is 22.3 Å². The molecule has 1 aliphatic heterocycles. The summed E-state index contributed by atoms with van der Waals surface area (Å²) in [5.74, 6) is -2.17. The van der Waals surface area contributed by atoms with E-state index in [4.69, 9.17) is 5.11 Å². The van der Waals surface area contributed by atoms with E-state index in [0.717, 1.165) is 6.07 Å². The van der Waals surface area contributed by atoms with E-state index in [1.807, 2.05) is 0 Å². The Morgan fingerprint density at radius 1 is 1.44 bits per heavy atom. The molecule has 1 aromatic carbocycles. The number of carboxylic acid groups (broad SMARTS) is 1. The number of sulfonamides is 1. The van der Waals surface area contributed by atoms with Crippen LogP contribution in [-0.2, 0) is 16.6 Å². The van der Waals surface area contributed by atoms with Crippen LogP contribution in [0, 0.1) is 5.82 Å². The first kappa shape index (κ1) is 13.0. The van der Waals surface area contributed by atoms with Gasteiger partial charge < -0.3 is 5.11 Å². The van der Waals surface area contributed by atoms with Crippen LogP contribution in [0.5, 0.6) is 0 Å². The molecule has 0 aliphatic carbocycles. The van der Waals surface area contributed by atoms with Crippen molar-refractivity contribution in [3.05, 3.63) is 35.1 Å². The maximum Gasteiger partial charge on any atom is 0.338 e. The number of carboxylic acids is 1. The van der Waals surface area contributed by atoms with Gasteiger partial charge in [-0.2, -0.15) is 4.31 Å². The Morgan fingerprint density at radius 2 is 2.17 bits per heavy atom. The van der Waals surface area contributed by atoms with Crippen molar-refractivity contribution in [1.29, 1.82) is 0 Å². The SMILES string of the molecule is O=C(O)c1cccc(CN2CCCS2(=O)=O)c1F. The van der Waals surface area contributed by atoms with Crippen molar-refractivity contribution >= 4 is 16.0 Å². The number of rotatable bonds is 3. The molecule has 0 unspecified atom stereocenters. The zero-order valence-corrected chi connectivity index (χ0v) is 10.3. The van der Waals surface area contributed by atoms with E-state index in [9.17, 15) is 17.6 Å². The monoisotopic (exact) mass is 273 g/mol. The van der Waals surface area contributed by atoms with Gasteiger partial charge in [-0.05, 0) is 12.5 Å². The molecule has 7 heteroatoms. The topological polar surface area (TPSA) is 74.7 Å². The zero-order chi connectivity index (χ0) is 13.3. The van der Waals surface area contributed by atoms with Crippen molar-refractivity contribution in [2.24, 2.45) is 0 Å². The number of hydrogen-bond donors (Lipinski definition) is 1. The summed E-state index contributed by atoms with van der Waals surface area (Å²) < 4.78 is 38.2. The minimum absolute atomic E-state index is 0.0627. The lowest BCUT2D eigenvalue weighted by Crippen LogP contribution is -2.26. The molecule has 0 saturated carbocycles. The summed E-state index contributed by atoms with van der Waals surface area (Å²) >= 11 is 0. The summed E-state index contributed by atoms with van der Waals surface area (Å²) in [6, 6.07) is 3.96. The Hall–Kier alpha value is -1.47. The quantitative estimate of drug-likeness (QED) is 0.893. The van der Waals surface area contributed by atoms with Crippen molar-refractivity contribution in [1.82, 2.24) is 4.31 Å². The molecule has 0 spiro atoms. The summed E-state index contributed by atoms with van der Waals surface area (Å²) in [4.78, 5) is 10.8. The van der Waals surface area contributed by atoms with E-state index in [-0.39, 0.29) is 17.9 Å². The van der Waals surface area contributed by atoms with Crippen LogP contribution in [0.4, 0.5) is 4.39 Å². The van der Waals surface area contributed by atoms with Crippen LogP contribution >= 0.6 is 0 Å². The maximum absolute atomic E-state index is 13.8. The molecular formula is C11H12FNO4S. The van der Waals surface area contributed by atoms with E-state index in [1.165, 1.54) is 16.4 Å². The molecule has 18 heavy (non-hydrogen) atoms. The number of carbonyl (C=O) groups is 1. The predicted octanol–water partition coefficient (Wildman–Crippen LogP) is 1.06. The minimum Gasteiger partial charge on any atom is -0.478 e. The third-order valence-corrected chi connectivity index (χ3v) is 4.76. The summed E-state index contributed by atoms with van der Waals surface area (Å²) in [7, 11) is -3.32. The highest BCUT2D eigenvalue weighted by molar-refractivity contribution is 7.89. The van der Waals surface area contributed by atoms with Crippen molar-refractivity contribution in [3.8, 4) is 0 Å². The average Bonchev–Trinajstić information content (AvgIpc) is 2.61. The Bertz CT molecular complexity index is 585. The molecule has 0 bridgehead atoms. The molecule has 5 nitrogen and oxygen atoms in total. The summed E-state index contributed by atoms with van der Waals surface area (Å²) in [5, 5.41) is 8.78. The van der Waals surface area contributed by atoms with Gasteiger partial charge in [-0.3, -0.25) is 0 Å². The predicted molar refractivity (Wildman–Crippen MR) is 62.2 cm³/mol. The molecule has 0 aromatic heterocycles. The molecule has 1 heterocycles. The molecule has 1 aliphatic rings. The molecule has 0 atom stereocenters. The van der Waals surface area contributed by atoms with Gasteiger partial charge in [0.15, 0.2) is 0 Å². The Morgan fingerprint density at radius 3 is 2.72 bits per heavy atom. The molecule has 0 amide bonds. The molecular weight excluding hydrogens is 261 g/mol.